The first kappa shape index (κ1) is 10.8. The van der Waals surface area contributed by atoms with E-state index in [-0.39, 0.29) is 6.54 Å². The first-order valence-electron chi connectivity index (χ1n) is 4.44. The third kappa shape index (κ3) is 3.95. The van der Waals surface area contributed by atoms with Gasteiger partial charge in [0.05, 0.1) is 6.10 Å². The monoisotopic (exact) mass is 197 g/mol. The lowest BCUT2D eigenvalue weighted by molar-refractivity contribution is -0.152. The predicted octanol–water partition coefficient (Wildman–Crippen LogP) is 1.30. The lowest BCUT2D eigenvalue weighted by Gasteiger charge is -2.21. The normalized spacial score (nSPS) is 31.4. The van der Waals surface area contributed by atoms with Crippen molar-refractivity contribution in [3.8, 4) is 0 Å². The molecule has 0 saturated carbocycles. The molecule has 0 aromatic rings. The number of β-amino-alcohol motifs (C(OH)–C–C–N with tert-alkyl or cyclic N) is 1. The van der Waals surface area contributed by atoms with Gasteiger partial charge in [0.15, 0.2) is 0 Å². The van der Waals surface area contributed by atoms with Crippen LogP contribution in [0.4, 0.5) is 13.2 Å². The summed E-state index contributed by atoms with van der Waals surface area (Å²) in [5, 5.41) is 12.2. The van der Waals surface area contributed by atoms with Crippen molar-refractivity contribution < 1.29 is 18.3 Å². The molecule has 0 bridgehead atoms. The Kier molecular flexibility index (Phi) is 3.55. The summed E-state index contributed by atoms with van der Waals surface area (Å²) in [6, 6.07) is 0. The summed E-state index contributed by atoms with van der Waals surface area (Å²) < 4.78 is 36.0. The molecule has 1 rings (SSSR count). The van der Waals surface area contributed by atoms with Crippen molar-refractivity contribution in [2.24, 2.45) is 5.92 Å². The van der Waals surface area contributed by atoms with Crippen LogP contribution in [0.5, 0.6) is 0 Å². The second-order valence-electron chi connectivity index (χ2n) is 3.49. The minimum atomic E-state index is -4.16. The molecule has 0 aromatic heterocycles. The Hall–Kier alpha value is -0.290. The molecule has 1 fully saturated rings. The van der Waals surface area contributed by atoms with Crippen molar-refractivity contribution in [2.75, 3.05) is 13.1 Å². The molecule has 1 aliphatic rings. The number of hydrogen-bond acceptors (Lipinski definition) is 2. The summed E-state index contributed by atoms with van der Waals surface area (Å²) in [7, 11) is 0. The summed E-state index contributed by atoms with van der Waals surface area (Å²) in [6.07, 6.45) is -4.72. The number of alkyl halides is 3. The largest absolute Gasteiger partial charge is 0.392 e. The van der Waals surface area contributed by atoms with Crippen LogP contribution in [-0.2, 0) is 0 Å². The predicted molar refractivity (Wildman–Crippen MR) is 42.3 cm³/mol. The summed E-state index contributed by atoms with van der Waals surface area (Å²) in [5.74, 6) is -0.630. The maximum absolute atomic E-state index is 12.0. The van der Waals surface area contributed by atoms with E-state index in [0.29, 0.717) is 19.4 Å². The molecular weight excluding hydrogens is 183 g/mol. The van der Waals surface area contributed by atoms with Crippen LogP contribution >= 0.6 is 0 Å². The second-order valence-corrected chi connectivity index (χ2v) is 3.49. The van der Waals surface area contributed by atoms with Gasteiger partial charge in [-0.1, -0.05) is 0 Å². The van der Waals surface area contributed by atoms with E-state index in [9.17, 15) is 18.3 Å². The molecule has 78 valence electrons. The maximum atomic E-state index is 12.0. The Labute approximate surface area is 75.1 Å². The maximum Gasteiger partial charge on any atom is 0.389 e. The lowest BCUT2D eigenvalue weighted by Crippen LogP contribution is -2.32. The third-order valence-corrected chi connectivity index (χ3v) is 2.32. The van der Waals surface area contributed by atoms with Crippen LogP contribution in [0, 0.1) is 5.92 Å². The van der Waals surface area contributed by atoms with Crippen molar-refractivity contribution in [3.05, 3.63) is 0 Å². The van der Waals surface area contributed by atoms with Crippen LogP contribution in [0.15, 0.2) is 0 Å². The van der Waals surface area contributed by atoms with Crippen molar-refractivity contribution >= 4 is 0 Å². The minimum Gasteiger partial charge on any atom is -0.392 e. The number of aliphatic hydroxyl groups excluding tert-OH is 1. The second kappa shape index (κ2) is 4.28. The fourth-order valence-corrected chi connectivity index (χ4v) is 1.63. The van der Waals surface area contributed by atoms with Gasteiger partial charge in [-0.3, -0.25) is 0 Å². The number of nitrogens with one attached hydrogen (secondary N) is 1. The Bertz CT molecular complexity index is 160. The topological polar surface area (TPSA) is 32.3 Å². The van der Waals surface area contributed by atoms with Gasteiger partial charge in [-0.2, -0.15) is 13.2 Å². The Balaban J connectivity index is 2.45. The van der Waals surface area contributed by atoms with E-state index in [0.717, 1.165) is 0 Å². The summed E-state index contributed by atoms with van der Waals surface area (Å²) in [4.78, 5) is 0. The zero-order valence-corrected chi connectivity index (χ0v) is 7.27. The van der Waals surface area contributed by atoms with Gasteiger partial charge >= 0.3 is 6.18 Å². The highest BCUT2D eigenvalue weighted by Crippen LogP contribution is 2.29. The highest BCUT2D eigenvalue weighted by atomic mass is 19.4. The Morgan fingerprint density at radius 3 is 2.69 bits per heavy atom. The lowest BCUT2D eigenvalue weighted by atomic mass is 9.94. The van der Waals surface area contributed by atoms with E-state index in [4.69, 9.17) is 0 Å². The van der Waals surface area contributed by atoms with Crippen LogP contribution in [0.3, 0.4) is 0 Å². The molecule has 13 heavy (non-hydrogen) atoms. The first-order valence-corrected chi connectivity index (χ1v) is 4.44. The van der Waals surface area contributed by atoms with Gasteiger partial charge in [-0.05, 0) is 25.3 Å². The molecule has 2 nitrogen and oxygen atoms in total. The molecule has 2 unspecified atom stereocenters. The van der Waals surface area contributed by atoms with Crippen LogP contribution in [-0.4, -0.2) is 30.5 Å². The van der Waals surface area contributed by atoms with Crippen molar-refractivity contribution in [1.29, 1.82) is 0 Å². The number of aliphatic hydroxyl groups is 1. The van der Waals surface area contributed by atoms with Crippen molar-refractivity contribution in [3.63, 3.8) is 0 Å². The zero-order valence-electron chi connectivity index (χ0n) is 7.27. The molecule has 5 heteroatoms. The standard InChI is InChI=1S/C8H14F3NO/c9-8(10,11)4-6-2-1-3-12-5-7(6)13/h6-7,12-13H,1-5H2. The smallest absolute Gasteiger partial charge is 0.389 e. The van der Waals surface area contributed by atoms with Crippen LogP contribution in [0.2, 0.25) is 0 Å². The average Bonchev–Trinajstić information content (AvgIpc) is 2.14. The highest BCUT2D eigenvalue weighted by molar-refractivity contribution is 4.77. The minimum absolute atomic E-state index is 0.279. The van der Waals surface area contributed by atoms with E-state index in [1.807, 2.05) is 0 Å². The molecular formula is C8H14F3NO. The fraction of sp³-hybridized carbons (Fsp3) is 1.00. The number of hydrogen-bond donors (Lipinski definition) is 2. The zero-order chi connectivity index (χ0) is 9.90. The fourth-order valence-electron chi connectivity index (χ4n) is 1.63. The molecule has 1 aliphatic heterocycles. The summed E-state index contributed by atoms with van der Waals surface area (Å²) in [6.45, 7) is 0.978. The molecule has 0 amide bonds. The number of rotatable bonds is 1. The summed E-state index contributed by atoms with van der Waals surface area (Å²) in [5.41, 5.74) is 0. The van der Waals surface area contributed by atoms with E-state index in [1.54, 1.807) is 0 Å². The van der Waals surface area contributed by atoms with Crippen molar-refractivity contribution in [2.45, 2.75) is 31.5 Å². The number of halogens is 3. The van der Waals surface area contributed by atoms with Gasteiger partial charge in [0, 0.05) is 13.0 Å². The van der Waals surface area contributed by atoms with E-state index < -0.39 is 24.6 Å². The van der Waals surface area contributed by atoms with Gasteiger partial charge in [-0.15, -0.1) is 0 Å². The SMILES string of the molecule is OC1CNCCCC1CC(F)(F)F. The third-order valence-electron chi connectivity index (χ3n) is 2.32. The molecule has 0 aliphatic carbocycles. The van der Waals surface area contributed by atoms with Crippen LogP contribution in [0.25, 0.3) is 0 Å². The molecule has 1 heterocycles. The van der Waals surface area contributed by atoms with Gasteiger partial charge in [-0.25, -0.2) is 0 Å². The molecule has 0 spiro atoms. The van der Waals surface area contributed by atoms with Crippen LogP contribution < -0.4 is 5.32 Å². The van der Waals surface area contributed by atoms with E-state index in [1.165, 1.54) is 0 Å². The molecule has 0 aromatic carbocycles. The molecule has 1 saturated heterocycles. The van der Waals surface area contributed by atoms with Gasteiger partial charge in [0.2, 0.25) is 0 Å². The van der Waals surface area contributed by atoms with Crippen LogP contribution in [0.1, 0.15) is 19.3 Å². The quantitative estimate of drug-likeness (QED) is 0.664. The first-order chi connectivity index (χ1) is 5.99. The molecule has 0 radical (unpaired) electrons. The van der Waals surface area contributed by atoms with Gasteiger partial charge < -0.3 is 10.4 Å². The molecule has 2 N–H and O–H groups in total. The summed E-state index contributed by atoms with van der Waals surface area (Å²) >= 11 is 0. The van der Waals surface area contributed by atoms with Gasteiger partial charge in [0.25, 0.3) is 0 Å². The highest BCUT2D eigenvalue weighted by Gasteiger charge is 2.35. The van der Waals surface area contributed by atoms with E-state index >= 15 is 0 Å². The average molecular weight is 197 g/mol. The van der Waals surface area contributed by atoms with Gasteiger partial charge in [0.1, 0.15) is 0 Å². The van der Waals surface area contributed by atoms with Crippen molar-refractivity contribution in [1.82, 2.24) is 5.32 Å². The van der Waals surface area contributed by atoms with E-state index in [2.05, 4.69) is 5.32 Å². The Morgan fingerprint density at radius 1 is 1.38 bits per heavy atom. The molecule has 2 atom stereocenters. The Morgan fingerprint density at radius 2 is 2.08 bits per heavy atom.